The Morgan fingerprint density at radius 1 is 1.00 bits per heavy atom. The molecule has 4 aliphatic rings. The van der Waals surface area contributed by atoms with Crippen molar-refractivity contribution in [1.29, 1.82) is 0 Å². The molecule has 0 bridgehead atoms. The Kier molecular flexibility index (Phi) is 6.90. The lowest BCUT2D eigenvalue weighted by molar-refractivity contribution is -0.138. The lowest BCUT2D eigenvalue weighted by Crippen LogP contribution is -2.60. The van der Waals surface area contributed by atoms with Crippen molar-refractivity contribution in [2.75, 3.05) is 19.1 Å². The smallest absolute Gasteiger partial charge is 0.253 e. The number of para-hydroxylation sites is 2. The zero-order valence-corrected chi connectivity index (χ0v) is 28.5. The number of alkyl halides is 2. The van der Waals surface area contributed by atoms with E-state index in [4.69, 9.17) is 32.4 Å². The molecule has 3 fully saturated rings. The molecule has 8 rings (SSSR count). The van der Waals surface area contributed by atoms with Gasteiger partial charge in [0, 0.05) is 18.5 Å². The molecule has 2 aliphatic carbocycles. The second-order valence-electron chi connectivity index (χ2n) is 12.6. The van der Waals surface area contributed by atoms with Crippen LogP contribution in [0.2, 0.25) is 0 Å². The molecular weight excluding hydrogens is 725 g/mol. The first-order valence-electron chi connectivity index (χ1n) is 15.2. The molecule has 2 saturated heterocycles. The molecule has 2 aliphatic heterocycles. The Hall–Kier alpha value is -4.19. The van der Waals surface area contributed by atoms with Crippen LogP contribution in [0, 0.1) is 17.8 Å². The summed E-state index contributed by atoms with van der Waals surface area (Å²) in [4.78, 5) is 58.6. The van der Waals surface area contributed by atoms with Crippen LogP contribution in [0.3, 0.4) is 0 Å². The van der Waals surface area contributed by atoms with Crippen molar-refractivity contribution in [2.45, 2.75) is 28.5 Å². The van der Waals surface area contributed by atoms with E-state index in [1.54, 1.807) is 36.4 Å². The largest absolute Gasteiger partial charge is 0.503 e. The summed E-state index contributed by atoms with van der Waals surface area (Å²) < 4.78 is 11.6. The monoisotopic (exact) mass is 749 g/mol. The summed E-state index contributed by atoms with van der Waals surface area (Å²) in [5.41, 5.74) is 3.50. The minimum Gasteiger partial charge on any atom is -0.503 e. The number of likely N-dealkylation sites (tertiary alicyclic amines) is 1. The fourth-order valence-electron chi connectivity index (χ4n) is 8.04. The average Bonchev–Trinajstić information content (AvgIpc) is 3.67. The maximum Gasteiger partial charge on any atom is 0.253 e. The number of carbonyl (C=O) groups excluding carboxylic acids is 4. The number of ether oxygens (including phenoxy) is 1. The van der Waals surface area contributed by atoms with Gasteiger partial charge in [-0.05, 0) is 88.8 Å². The summed E-state index contributed by atoms with van der Waals surface area (Å²) in [7, 11) is 2.72. The van der Waals surface area contributed by atoms with Gasteiger partial charge in [0.2, 0.25) is 17.7 Å². The topological polar surface area (TPSA) is 130 Å². The van der Waals surface area contributed by atoms with Gasteiger partial charge in [-0.2, -0.15) is 0 Å². The van der Waals surface area contributed by atoms with E-state index >= 15 is 0 Å². The van der Waals surface area contributed by atoms with Crippen LogP contribution in [0.1, 0.15) is 24.3 Å². The molecule has 4 amide bonds. The number of aromatic hydroxyl groups is 1. The standard InChI is InChI=1S/C35H26BrCl2N3O7/c1-40-32(45)34(37)15-21-19(27(35(34,38)33(40)46)17-13-22(36)28(42)25(14-17)47-2)11-12-20-26(21)31(44)41(30(20)43)18-9-7-16(8-10-18)29-39-23-5-3-4-6-24(23)48-29/h3-11,13-14,20-21,26-27,42H,12,15H2,1-2H3. The highest BCUT2D eigenvalue weighted by Gasteiger charge is 2.76. The molecule has 10 nitrogen and oxygen atoms in total. The molecule has 6 atom stereocenters. The van der Waals surface area contributed by atoms with Crippen molar-refractivity contribution < 1.29 is 33.4 Å². The van der Waals surface area contributed by atoms with E-state index in [1.807, 2.05) is 30.3 Å². The number of methoxy groups -OCH3 is 1. The normalized spacial score (nSPS) is 29.6. The van der Waals surface area contributed by atoms with Crippen molar-refractivity contribution in [3.8, 4) is 23.0 Å². The van der Waals surface area contributed by atoms with Gasteiger partial charge in [-0.25, -0.2) is 4.98 Å². The van der Waals surface area contributed by atoms with Gasteiger partial charge in [0.05, 0.1) is 29.1 Å². The van der Waals surface area contributed by atoms with Gasteiger partial charge in [0.25, 0.3) is 11.8 Å². The van der Waals surface area contributed by atoms with Gasteiger partial charge in [-0.1, -0.05) is 23.8 Å². The third-order valence-corrected chi connectivity index (χ3v) is 12.3. The Morgan fingerprint density at radius 3 is 2.44 bits per heavy atom. The van der Waals surface area contributed by atoms with Crippen LogP contribution < -0.4 is 9.64 Å². The number of allylic oxidation sites excluding steroid dienone is 2. The van der Waals surface area contributed by atoms with Crippen LogP contribution in [0.25, 0.3) is 22.6 Å². The molecule has 1 aromatic heterocycles. The predicted molar refractivity (Wildman–Crippen MR) is 180 cm³/mol. The lowest BCUT2D eigenvalue weighted by atomic mass is 9.56. The molecule has 1 N–H and O–H groups in total. The van der Waals surface area contributed by atoms with E-state index in [9.17, 15) is 24.3 Å². The molecule has 0 spiro atoms. The van der Waals surface area contributed by atoms with Crippen molar-refractivity contribution in [1.82, 2.24) is 9.88 Å². The molecule has 48 heavy (non-hydrogen) atoms. The van der Waals surface area contributed by atoms with E-state index in [0.29, 0.717) is 39.4 Å². The first-order valence-corrected chi connectivity index (χ1v) is 16.8. The first kappa shape index (κ1) is 31.1. The molecule has 6 unspecified atom stereocenters. The zero-order valence-electron chi connectivity index (χ0n) is 25.4. The van der Waals surface area contributed by atoms with Crippen molar-refractivity contribution >= 4 is 79.5 Å². The summed E-state index contributed by atoms with van der Waals surface area (Å²) in [6.45, 7) is 0. The predicted octanol–water partition coefficient (Wildman–Crippen LogP) is 6.16. The number of anilines is 1. The third kappa shape index (κ3) is 4.01. The van der Waals surface area contributed by atoms with Crippen LogP contribution in [0.4, 0.5) is 5.69 Å². The van der Waals surface area contributed by atoms with Crippen LogP contribution >= 0.6 is 39.1 Å². The number of carbonyl (C=O) groups is 4. The van der Waals surface area contributed by atoms with Crippen LogP contribution in [0.15, 0.2) is 81.2 Å². The number of phenolic OH excluding ortho intramolecular Hbond substituents is 1. The summed E-state index contributed by atoms with van der Waals surface area (Å²) in [6.07, 6.45) is 1.94. The summed E-state index contributed by atoms with van der Waals surface area (Å²) in [5.74, 6) is -5.03. The van der Waals surface area contributed by atoms with Crippen molar-refractivity contribution in [3.63, 3.8) is 0 Å². The number of halogens is 3. The second-order valence-corrected chi connectivity index (χ2v) is 14.7. The van der Waals surface area contributed by atoms with E-state index in [1.165, 1.54) is 19.1 Å². The summed E-state index contributed by atoms with van der Waals surface area (Å²) >= 11 is 17.9. The van der Waals surface area contributed by atoms with E-state index in [0.717, 1.165) is 4.90 Å². The Bertz CT molecular complexity index is 2100. The number of aromatic nitrogens is 1. The quantitative estimate of drug-likeness (QED) is 0.149. The number of hydrogen-bond donors (Lipinski definition) is 1. The number of imide groups is 2. The van der Waals surface area contributed by atoms with Gasteiger partial charge in [0.1, 0.15) is 5.52 Å². The van der Waals surface area contributed by atoms with E-state index in [-0.39, 0.29) is 34.7 Å². The molecule has 4 aromatic rings. The number of rotatable bonds is 4. The summed E-state index contributed by atoms with van der Waals surface area (Å²) in [6, 6.07) is 17.4. The maximum absolute atomic E-state index is 14.4. The fourth-order valence-corrected chi connectivity index (χ4v) is 9.52. The van der Waals surface area contributed by atoms with Crippen LogP contribution in [-0.4, -0.2) is 62.5 Å². The number of benzene rings is 3. The zero-order chi connectivity index (χ0) is 33.9. The number of fused-ring (bicyclic) bond motifs is 5. The van der Waals surface area contributed by atoms with E-state index in [2.05, 4.69) is 20.9 Å². The number of amides is 4. The number of oxazole rings is 1. The van der Waals surface area contributed by atoms with Gasteiger partial charge in [-0.15, -0.1) is 23.2 Å². The average molecular weight is 751 g/mol. The van der Waals surface area contributed by atoms with Gasteiger partial charge < -0.3 is 14.3 Å². The fraction of sp³-hybridized carbons (Fsp3) is 0.286. The number of phenols is 1. The van der Waals surface area contributed by atoms with Crippen LogP contribution in [0.5, 0.6) is 11.5 Å². The molecular formula is C35H26BrCl2N3O7. The highest BCUT2D eigenvalue weighted by atomic mass is 79.9. The molecule has 1 saturated carbocycles. The number of hydrogen-bond acceptors (Lipinski definition) is 8. The third-order valence-electron chi connectivity index (χ3n) is 10.3. The van der Waals surface area contributed by atoms with Gasteiger partial charge >= 0.3 is 0 Å². The van der Waals surface area contributed by atoms with Gasteiger partial charge in [-0.3, -0.25) is 29.0 Å². The van der Waals surface area contributed by atoms with Crippen molar-refractivity contribution in [3.05, 3.63) is 82.3 Å². The summed E-state index contributed by atoms with van der Waals surface area (Å²) in [5, 5.41) is 10.6. The van der Waals surface area contributed by atoms with Gasteiger partial charge in [0.15, 0.2) is 26.8 Å². The molecule has 3 heterocycles. The highest BCUT2D eigenvalue weighted by molar-refractivity contribution is 9.10. The first-order chi connectivity index (χ1) is 22.9. The Labute approximate surface area is 292 Å². The molecule has 13 heteroatoms. The maximum atomic E-state index is 14.4. The van der Waals surface area contributed by atoms with Crippen LogP contribution in [-0.2, 0) is 19.2 Å². The SMILES string of the molecule is COc1cc(C2C3=CCC4C(=O)N(c5ccc(-c6nc7ccccc7o6)cc5)C(=O)C4C3CC3(Cl)C(=O)N(C)C(=O)C23Cl)cc(Br)c1O. The van der Waals surface area contributed by atoms with Crippen molar-refractivity contribution in [2.24, 2.45) is 17.8 Å². The Balaban J connectivity index is 1.19. The molecule has 0 radical (unpaired) electrons. The highest BCUT2D eigenvalue weighted by Crippen LogP contribution is 2.65. The number of nitrogens with zero attached hydrogens (tertiary/aromatic N) is 3. The minimum absolute atomic E-state index is 0.112. The molecule has 3 aromatic carbocycles. The lowest BCUT2D eigenvalue weighted by Gasteiger charge is -2.50. The second kappa shape index (κ2) is 10.7. The van der Waals surface area contributed by atoms with E-state index < -0.39 is 51.1 Å². The Morgan fingerprint density at radius 2 is 1.73 bits per heavy atom. The minimum atomic E-state index is -1.96. The molecule has 244 valence electrons.